The third-order valence-corrected chi connectivity index (χ3v) is 11.8. The van der Waals surface area contributed by atoms with Crippen molar-refractivity contribution in [1.82, 2.24) is 10.6 Å². The molecule has 0 saturated heterocycles. The predicted octanol–water partition coefficient (Wildman–Crippen LogP) is 4.37. The van der Waals surface area contributed by atoms with E-state index in [0.29, 0.717) is 26.5 Å². The van der Waals surface area contributed by atoms with Gasteiger partial charge in [-0.2, -0.15) is 0 Å². The van der Waals surface area contributed by atoms with Gasteiger partial charge in [-0.15, -0.1) is 68.0 Å². The summed E-state index contributed by atoms with van der Waals surface area (Å²) in [6.07, 6.45) is 7.63. The molecule has 8 heterocycles. The first kappa shape index (κ1) is 57.8. The van der Waals surface area contributed by atoms with E-state index >= 15 is 0 Å². The molecule has 6 aromatic rings. The molecular weight excluding hydrogens is 1780 g/mol. The molecule has 8 nitrogen and oxygen atoms in total. The molecule has 0 unspecified atom stereocenters. The van der Waals surface area contributed by atoms with Crippen LogP contribution in [-0.2, 0) is 0 Å². The second-order valence-corrected chi connectivity index (χ2v) is 49.0. The van der Waals surface area contributed by atoms with Crippen molar-refractivity contribution in [3.05, 3.63) is 134 Å². The van der Waals surface area contributed by atoms with E-state index in [1.54, 1.807) is 68.0 Å². The summed E-state index contributed by atoms with van der Waals surface area (Å²) in [5, 5.41) is 18.9. The molecule has 2 aliphatic rings. The Morgan fingerprint density at radius 3 is 0.933 bits per heavy atom. The van der Waals surface area contributed by atoms with Gasteiger partial charge in [0.15, 0.2) is 0 Å². The van der Waals surface area contributed by atoms with E-state index in [2.05, 4.69) is 233 Å². The molecule has 326 valence electrons. The molecule has 0 amide bonds. The molecule has 0 bridgehead atoms. The van der Waals surface area contributed by atoms with E-state index in [4.69, 9.17) is 0 Å². The number of nitrogens with one attached hydrogen (secondary N) is 4. The van der Waals surface area contributed by atoms with Gasteiger partial charge < -0.3 is 0 Å². The van der Waals surface area contributed by atoms with Crippen LogP contribution in [0, 0.1) is 0 Å². The third-order valence-electron chi connectivity index (χ3n) is 6.76. The van der Waals surface area contributed by atoms with Gasteiger partial charge >= 0.3 is 101 Å². The van der Waals surface area contributed by atoms with Gasteiger partial charge in [-0.25, -0.2) is 0 Å². The monoisotopic (exact) mass is 1820 g/mol. The Balaban J connectivity index is 0.000000264. The Morgan fingerprint density at radius 2 is 0.733 bits per heavy atom. The Morgan fingerprint density at radius 1 is 0.467 bits per heavy atom. The van der Waals surface area contributed by atoms with Crippen molar-refractivity contribution in [2.45, 2.75) is 0 Å². The van der Waals surface area contributed by atoms with Crippen LogP contribution in [0.2, 0.25) is 0 Å². The SMILES string of the molecule is C(=NCCN=Cc1cccs1)c1cccs1.C(=NCCN=Cc1cccs1)c1cccs1.II.I[I-]I.I[I-]I.c1csc(C2=[NH+]CCN2)c1.c1csc(C2=[NH+]CCN2)c1. The molecule has 22 heteroatoms. The zero-order valence-electron chi connectivity index (χ0n) is 31.6. The fourth-order valence-corrected chi connectivity index (χ4v) is 8.25. The van der Waals surface area contributed by atoms with E-state index in [-0.39, 0.29) is 0 Å². The summed E-state index contributed by atoms with van der Waals surface area (Å²) in [5.74, 6) is 2.38. The molecule has 0 aliphatic carbocycles. The molecule has 0 spiro atoms. The molecular formula is C38H42I8N8S6. The minimum Gasteiger partial charge on any atom is -0.270 e. The van der Waals surface area contributed by atoms with E-state index in [9.17, 15) is 0 Å². The van der Waals surface area contributed by atoms with Gasteiger partial charge in [0.2, 0.25) is 0 Å². The molecule has 4 N–H and O–H groups in total. The van der Waals surface area contributed by atoms with Gasteiger partial charge in [0.25, 0.3) is 11.7 Å². The van der Waals surface area contributed by atoms with Gasteiger partial charge in [0.05, 0.1) is 26.2 Å². The smallest absolute Gasteiger partial charge is 0.270 e. The summed E-state index contributed by atoms with van der Waals surface area (Å²) >= 11 is 25.2. The number of halogens is 8. The Kier molecular flexibility index (Phi) is 40.5. The average molecular weight is 1820 g/mol. The van der Waals surface area contributed by atoms with Gasteiger partial charge in [0.1, 0.15) is 35.9 Å². The standard InChI is InChI=1S/2C12H12N2S2.2C7H8N2S.2I3.I2/c2*1-3-11(15-7-1)9-13-5-6-14-10-12-4-2-8-16-12;2*1-2-6(10-5-1)7-8-3-4-9-7;2*1-3-2;1-2/h2*1-4,7-10H,5-6H2;2*1-2,5H,3-4H2,(H,8,9);;;/q;;;;2*-1;/p+2. The van der Waals surface area contributed by atoms with Crippen molar-refractivity contribution < 1.29 is 36.5 Å². The van der Waals surface area contributed by atoms with Crippen LogP contribution in [0.3, 0.4) is 0 Å². The molecule has 6 aromatic heterocycles. The summed E-state index contributed by atoms with van der Waals surface area (Å²) in [6.45, 7) is 7.19. The molecule has 8 rings (SSSR count). The summed E-state index contributed by atoms with van der Waals surface area (Å²) in [4.78, 5) is 31.2. The zero-order valence-corrected chi connectivity index (χ0v) is 53.8. The second kappa shape index (κ2) is 42.0. The van der Waals surface area contributed by atoms with Crippen LogP contribution in [-0.4, -0.2) is 88.9 Å². The van der Waals surface area contributed by atoms with Gasteiger partial charge in [-0.1, -0.05) is 36.4 Å². The van der Waals surface area contributed by atoms with Crippen molar-refractivity contribution in [3.8, 4) is 0 Å². The van der Waals surface area contributed by atoms with Crippen molar-refractivity contribution in [2.75, 3.05) is 52.4 Å². The quantitative estimate of drug-likeness (QED) is 0.0833. The largest absolute Gasteiger partial charge is 0.285 e. The van der Waals surface area contributed by atoms with Crippen LogP contribution in [0.1, 0.15) is 29.3 Å². The van der Waals surface area contributed by atoms with Crippen molar-refractivity contribution in [2.24, 2.45) is 20.0 Å². The van der Waals surface area contributed by atoms with Crippen LogP contribution < -0.4 is 47.1 Å². The summed E-state index contributed by atoms with van der Waals surface area (Å²) in [5.41, 5.74) is 0. The summed E-state index contributed by atoms with van der Waals surface area (Å²) < 4.78 is 0. The first-order chi connectivity index (χ1) is 29.7. The predicted molar refractivity (Wildman–Crippen MR) is 316 cm³/mol. The fourth-order valence-electron chi connectivity index (χ4n) is 4.37. The Bertz CT molecular complexity index is 1750. The average Bonchev–Trinajstić information content (AvgIpc) is 4.14. The van der Waals surface area contributed by atoms with Gasteiger partial charge in [0, 0.05) is 81.6 Å². The normalized spacial score (nSPS) is 12.6. The van der Waals surface area contributed by atoms with Crippen molar-refractivity contribution in [1.29, 1.82) is 0 Å². The number of hydrogen-bond donors (Lipinski definition) is 4. The van der Waals surface area contributed by atoms with Crippen LogP contribution in [0.15, 0.2) is 125 Å². The first-order valence-corrected chi connectivity index (χ1v) is 54.2. The number of thiophene rings is 6. The maximum Gasteiger partial charge on any atom is 0.285 e. The van der Waals surface area contributed by atoms with E-state index in [0.717, 1.165) is 52.4 Å². The number of nitrogens with zero attached hydrogens (tertiary/aromatic N) is 4. The Labute approximate surface area is 461 Å². The summed E-state index contributed by atoms with van der Waals surface area (Å²) in [6, 6.07) is 24.7. The summed E-state index contributed by atoms with van der Waals surface area (Å²) in [7, 11) is 0. The minimum absolute atomic E-state index is 0.530. The molecule has 0 atom stereocenters. The van der Waals surface area contributed by atoms with Crippen molar-refractivity contribution in [3.63, 3.8) is 0 Å². The third kappa shape index (κ3) is 29.3. The zero-order chi connectivity index (χ0) is 43.1. The number of aliphatic imine (C=N–C) groups is 4. The first-order valence-electron chi connectivity index (χ1n) is 17.5. The van der Waals surface area contributed by atoms with Gasteiger partial charge in [-0.3, -0.25) is 40.6 Å². The molecule has 60 heavy (non-hydrogen) atoms. The van der Waals surface area contributed by atoms with Crippen LogP contribution >= 0.6 is 180 Å². The van der Waals surface area contributed by atoms with E-state index in [1.807, 2.05) is 49.1 Å². The molecule has 0 radical (unpaired) electrons. The second-order valence-electron chi connectivity index (χ2n) is 10.7. The maximum atomic E-state index is 4.31. The fraction of sp³-hybridized carbons (Fsp3) is 0.211. The topological polar surface area (TPSA) is 101 Å². The van der Waals surface area contributed by atoms with Crippen LogP contribution in [0.5, 0.6) is 0 Å². The van der Waals surface area contributed by atoms with Crippen LogP contribution in [0.25, 0.3) is 0 Å². The van der Waals surface area contributed by atoms with Crippen LogP contribution in [0.4, 0.5) is 0 Å². The van der Waals surface area contributed by atoms with E-state index < -0.39 is 0 Å². The molecule has 0 saturated carbocycles. The maximum absolute atomic E-state index is 4.31. The Hall–Kier alpha value is 1.66. The van der Waals surface area contributed by atoms with E-state index in [1.165, 1.54) is 40.9 Å². The molecule has 0 aromatic carbocycles. The van der Waals surface area contributed by atoms with Crippen molar-refractivity contribution >= 4 is 216 Å². The number of rotatable bonds is 12. The molecule has 2 aliphatic heterocycles. The molecule has 0 fully saturated rings. The number of hydrogen-bond acceptors (Lipinski definition) is 12. The van der Waals surface area contributed by atoms with Gasteiger partial charge in [-0.05, 0) is 68.7 Å². The number of amidine groups is 2. The minimum atomic E-state index is 0.530.